The molecule has 0 aliphatic carbocycles. The van der Waals surface area contributed by atoms with Crippen molar-refractivity contribution in [3.8, 4) is 0 Å². The van der Waals surface area contributed by atoms with E-state index in [9.17, 15) is 0 Å². The predicted molar refractivity (Wildman–Crippen MR) is 149 cm³/mol. The maximum atomic E-state index is 4.79. The lowest BCUT2D eigenvalue weighted by Crippen LogP contribution is -2.17. The molecule has 5 heteroatoms. The minimum Gasteiger partial charge on any atom is -0.369 e. The van der Waals surface area contributed by atoms with Crippen LogP contribution in [-0.4, -0.2) is 60.0 Å². The minimum atomic E-state index is -1.20. The van der Waals surface area contributed by atoms with Gasteiger partial charge >= 0.3 is 0 Å². The van der Waals surface area contributed by atoms with Crippen LogP contribution in [0, 0.1) is 6.92 Å². The molecule has 0 bridgehead atoms. The number of aromatic nitrogens is 2. The van der Waals surface area contributed by atoms with Gasteiger partial charge in [-0.15, -0.1) is 0 Å². The van der Waals surface area contributed by atoms with Crippen molar-refractivity contribution in [3.63, 3.8) is 0 Å². The summed E-state index contributed by atoms with van der Waals surface area (Å²) in [6, 6.07) is 14.7. The smallest absolute Gasteiger partial charge is 0.154 e. The average Bonchev–Trinajstić information content (AvgIpc) is 2.76. The van der Waals surface area contributed by atoms with E-state index in [0.29, 0.717) is 5.82 Å². The first-order valence-corrected chi connectivity index (χ1v) is 13.5. The molecular formula is C27H38N4S. The first kappa shape index (κ1) is 25.6. The molecular weight excluding hydrogens is 412 g/mol. The summed E-state index contributed by atoms with van der Waals surface area (Å²) in [5, 5.41) is 4.57. The molecule has 0 atom stereocenters. The van der Waals surface area contributed by atoms with E-state index >= 15 is 0 Å². The Kier molecular flexibility index (Phi) is 9.48. The summed E-state index contributed by atoms with van der Waals surface area (Å²) in [6.07, 6.45) is 7.17. The molecule has 3 rings (SSSR count). The highest BCUT2D eigenvalue weighted by molar-refractivity contribution is 8.27. The minimum absolute atomic E-state index is 0.704. The third-order valence-electron chi connectivity index (χ3n) is 4.82. The van der Waals surface area contributed by atoms with Crippen molar-refractivity contribution in [2.45, 2.75) is 32.1 Å². The first-order chi connectivity index (χ1) is 15.2. The van der Waals surface area contributed by atoms with Crippen LogP contribution < -0.4 is 5.32 Å². The number of hydrogen-bond donors (Lipinski definition) is 1. The van der Waals surface area contributed by atoms with Gasteiger partial charge in [0.1, 0.15) is 5.82 Å². The lowest BCUT2D eigenvalue weighted by molar-refractivity contribution is 0.405. The van der Waals surface area contributed by atoms with Crippen LogP contribution in [0.3, 0.4) is 0 Å². The Balaban J connectivity index is 0.00000176. The number of fused-ring (bicyclic) bond motifs is 1. The van der Waals surface area contributed by atoms with Gasteiger partial charge in [0.15, 0.2) is 5.82 Å². The maximum Gasteiger partial charge on any atom is 0.154 e. The third-order valence-corrected chi connectivity index (χ3v) is 6.23. The van der Waals surface area contributed by atoms with Crippen molar-refractivity contribution in [2.24, 2.45) is 0 Å². The summed E-state index contributed by atoms with van der Waals surface area (Å²) in [4.78, 5) is 12.9. The second-order valence-electron chi connectivity index (χ2n) is 8.21. The standard InChI is InChI=1S/C25H32N4S.C2H6/c1-19-8-14-23-22(18-19)25(26-16-7-17-29(2)3)28-24(27-23)15-11-20-9-12-21(13-10-20)30(4,5)6;1-2/h8-15,18H,4-5,7,16-17H2,1-3,6H3,(H,26,27,28);1-2H3/b15-11+;. The monoisotopic (exact) mass is 450 g/mol. The maximum absolute atomic E-state index is 4.79. The second kappa shape index (κ2) is 11.8. The van der Waals surface area contributed by atoms with Crippen LogP contribution in [0.15, 0.2) is 47.4 Å². The van der Waals surface area contributed by atoms with Gasteiger partial charge < -0.3 is 10.2 Å². The zero-order valence-electron chi connectivity index (χ0n) is 20.5. The molecule has 0 spiro atoms. The molecule has 1 aromatic heterocycles. The molecule has 0 saturated heterocycles. The van der Waals surface area contributed by atoms with E-state index in [2.05, 4.69) is 91.7 Å². The predicted octanol–water partition coefficient (Wildman–Crippen LogP) is 6.16. The summed E-state index contributed by atoms with van der Waals surface area (Å²) in [6.45, 7) is 8.01. The number of rotatable bonds is 8. The van der Waals surface area contributed by atoms with Gasteiger partial charge in [0.25, 0.3) is 0 Å². The van der Waals surface area contributed by atoms with E-state index in [0.717, 1.165) is 41.8 Å². The van der Waals surface area contributed by atoms with Crippen molar-refractivity contribution < 1.29 is 0 Å². The lowest BCUT2D eigenvalue weighted by Gasteiger charge is -2.12. The van der Waals surface area contributed by atoms with Crippen LogP contribution in [0.5, 0.6) is 0 Å². The van der Waals surface area contributed by atoms with Crippen LogP contribution in [-0.2, 0) is 0 Å². The largest absolute Gasteiger partial charge is 0.369 e. The van der Waals surface area contributed by atoms with E-state index in [4.69, 9.17) is 9.97 Å². The first-order valence-electron chi connectivity index (χ1n) is 11.1. The molecule has 0 unspecified atom stereocenters. The van der Waals surface area contributed by atoms with Gasteiger partial charge in [-0.05, 0) is 81.0 Å². The lowest BCUT2D eigenvalue weighted by atomic mass is 10.1. The zero-order valence-corrected chi connectivity index (χ0v) is 21.3. The number of anilines is 1. The van der Waals surface area contributed by atoms with Gasteiger partial charge in [-0.25, -0.2) is 9.97 Å². The second-order valence-corrected chi connectivity index (χ2v) is 11.2. The fourth-order valence-corrected chi connectivity index (χ4v) is 3.94. The molecule has 1 heterocycles. The van der Waals surface area contributed by atoms with Crippen molar-refractivity contribution >= 4 is 49.8 Å². The Morgan fingerprint density at radius 2 is 1.69 bits per heavy atom. The highest BCUT2D eigenvalue weighted by atomic mass is 32.2. The van der Waals surface area contributed by atoms with Gasteiger partial charge in [0.2, 0.25) is 0 Å². The highest BCUT2D eigenvalue weighted by Crippen LogP contribution is 2.28. The van der Waals surface area contributed by atoms with Crippen LogP contribution in [0.1, 0.15) is 37.2 Å². The normalized spacial score (nSPS) is 11.6. The molecule has 1 N–H and O–H groups in total. The van der Waals surface area contributed by atoms with Gasteiger partial charge in [-0.3, -0.25) is 0 Å². The van der Waals surface area contributed by atoms with Gasteiger partial charge in [0, 0.05) is 11.9 Å². The summed E-state index contributed by atoms with van der Waals surface area (Å²) in [5.74, 6) is 9.95. The molecule has 32 heavy (non-hydrogen) atoms. The summed E-state index contributed by atoms with van der Waals surface area (Å²) in [5.41, 5.74) is 3.26. The summed E-state index contributed by atoms with van der Waals surface area (Å²) < 4.78 is 0. The third kappa shape index (κ3) is 7.50. The van der Waals surface area contributed by atoms with Crippen molar-refractivity contribution in [1.29, 1.82) is 0 Å². The van der Waals surface area contributed by atoms with Gasteiger partial charge in [-0.2, -0.15) is 9.21 Å². The van der Waals surface area contributed by atoms with Crippen LogP contribution in [0.4, 0.5) is 5.82 Å². The topological polar surface area (TPSA) is 41.1 Å². The molecule has 3 aromatic rings. The van der Waals surface area contributed by atoms with E-state index in [1.54, 1.807) is 0 Å². The Bertz CT molecular complexity index is 1140. The molecule has 172 valence electrons. The van der Waals surface area contributed by atoms with Crippen molar-refractivity contribution in [3.05, 3.63) is 59.4 Å². The Labute approximate surface area is 194 Å². The van der Waals surface area contributed by atoms with Crippen molar-refractivity contribution in [2.75, 3.05) is 38.8 Å². The average molecular weight is 451 g/mol. The quantitative estimate of drug-likeness (QED) is 0.330. The zero-order chi connectivity index (χ0) is 23.7. The molecule has 4 nitrogen and oxygen atoms in total. The Morgan fingerprint density at radius 3 is 2.31 bits per heavy atom. The summed E-state index contributed by atoms with van der Waals surface area (Å²) >= 11 is 0. The highest BCUT2D eigenvalue weighted by Gasteiger charge is 2.07. The molecule has 0 aliphatic rings. The van der Waals surface area contributed by atoms with Gasteiger partial charge in [-0.1, -0.05) is 55.4 Å². The number of benzene rings is 2. The van der Waals surface area contributed by atoms with E-state index in [1.807, 2.05) is 26.0 Å². The van der Waals surface area contributed by atoms with E-state index in [-0.39, 0.29) is 0 Å². The fourth-order valence-electron chi connectivity index (χ4n) is 3.15. The molecule has 0 aliphatic heterocycles. The van der Waals surface area contributed by atoms with Crippen molar-refractivity contribution in [1.82, 2.24) is 14.9 Å². The van der Waals surface area contributed by atoms with Crippen LogP contribution in [0.2, 0.25) is 0 Å². The van der Waals surface area contributed by atoms with Crippen LogP contribution >= 0.6 is 9.21 Å². The number of hydrogen-bond acceptors (Lipinski definition) is 4. The Morgan fingerprint density at radius 1 is 1.00 bits per heavy atom. The Hall–Kier alpha value is -2.63. The number of nitrogens with one attached hydrogen (secondary N) is 1. The van der Waals surface area contributed by atoms with E-state index in [1.165, 1.54) is 10.5 Å². The number of nitrogens with zero attached hydrogens (tertiary/aromatic N) is 3. The molecule has 2 aromatic carbocycles. The fraction of sp³-hybridized carbons (Fsp3) is 0.333. The van der Waals surface area contributed by atoms with E-state index < -0.39 is 9.21 Å². The number of aryl methyl sites for hydroxylation is 1. The molecule has 0 fully saturated rings. The summed E-state index contributed by atoms with van der Waals surface area (Å²) in [7, 11) is 2.99. The molecule has 0 saturated carbocycles. The SMILES string of the molecule is C=S(=C)(C)c1ccc(/C=C/c2nc(NCCCN(C)C)c3cc(C)ccc3n2)cc1.CC. The molecule has 0 amide bonds. The van der Waals surface area contributed by atoms with Crippen LogP contribution in [0.25, 0.3) is 23.1 Å². The van der Waals surface area contributed by atoms with Gasteiger partial charge in [0.05, 0.1) is 5.52 Å². The molecule has 0 radical (unpaired) electrons.